The number of ether oxygens (including phenoxy) is 1. The summed E-state index contributed by atoms with van der Waals surface area (Å²) in [4.78, 5) is 17.7. The van der Waals surface area contributed by atoms with Crippen molar-refractivity contribution in [3.8, 4) is 33.6 Å². The van der Waals surface area contributed by atoms with E-state index in [1.165, 1.54) is 6.07 Å². The molecule has 0 saturated carbocycles. The van der Waals surface area contributed by atoms with E-state index in [2.05, 4.69) is 4.98 Å². The van der Waals surface area contributed by atoms with Gasteiger partial charge in [-0.3, -0.25) is 0 Å². The van der Waals surface area contributed by atoms with E-state index in [0.29, 0.717) is 11.3 Å². The third-order valence-electron chi connectivity index (χ3n) is 4.85. The molecule has 0 aliphatic rings. The van der Waals surface area contributed by atoms with Crippen LogP contribution < -0.4 is 0 Å². The Labute approximate surface area is 179 Å². The first-order valence-electron chi connectivity index (χ1n) is 9.87. The van der Waals surface area contributed by atoms with E-state index < -0.39 is 17.6 Å². The van der Waals surface area contributed by atoms with Crippen LogP contribution in [0.2, 0.25) is 0 Å². The van der Waals surface area contributed by atoms with Crippen LogP contribution in [-0.4, -0.2) is 17.6 Å². The van der Waals surface area contributed by atoms with E-state index in [0.717, 1.165) is 23.3 Å². The van der Waals surface area contributed by atoms with Gasteiger partial charge in [0.15, 0.2) is 11.6 Å². The molecule has 3 nitrogen and oxygen atoms in total. The summed E-state index contributed by atoms with van der Waals surface area (Å²) in [6, 6.07) is 24.1. The van der Waals surface area contributed by atoms with Gasteiger partial charge in [-0.15, -0.1) is 0 Å². The molecule has 0 amide bonds. The lowest BCUT2D eigenvalue weighted by atomic mass is 9.93. The molecule has 5 heteroatoms. The molecule has 0 atom stereocenters. The zero-order valence-corrected chi connectivity index (χ0v) is 16.8. The van der Waals surface area contributed by atoms with E-state index >= 15 is 0 Å². The molecule has 0 unspecified atom stereocenters. The number of nitrogens with zero attached hydrogens (tertiary/aromatic N) is 1. The molecule has 0 radical (unpaired) electrons. The fraction of sp³-hybridized carbons (Fsp3) is 0.0769. The summed E-state index contributed by atoms with van der Waals surface area (Å²) < 4.78 is 33.0. The Hall–Kier alpha value is -3.86. The molecule has 0 bridgehead atoms. The highest BCUT2D eigenvalue weighted by Gasteiger charge is 2.24. The third-order valence-corrected chi connectivity index (χ3v) is 4.85. The van der Waals surface area contributed by atoms with E-state index in [9.17, 15) is 13.6 Å². The molecule has 4 rings (SSSR count). The van der Waals surface area contributed by atoms with Crippen molar-refractivity contribution in [3.63, 3.8) is 0 Å². The van der Waals surface area contributed by atoms with Crippen LogP contribution in [0, 0.1) is 11.6 Å². The van der Waals surface area contributed by atoms with Crippen molar-refractivity contribution in [2.75, 3.05) is 6.61 Å². The molecule has 1 aromatic heterocycles. The van der Waals surface area contributed by atoms with Gasteiger partial charge in [-0.1, -0.05) is 60.7 Å². The first kappa shape index (κ1) is 20.4. The maximum Gasteiger partial charge on any atom is 0.340 e. The zero-order chi connectivity index (χ0) is 21.8. The van der Waals surface area contributed by atoms with Crippen LogP contribution in [0.1, 0.15) is 17.3 Å². The van der Waals surface area contributed by atoms with Crippen LogP contribution in [0.25, 0.3) is 33.6 Å². The standard InChI is InChI=1S/C26H19F2NO2/c1-2-31-26(30)24-20(17-9-5-3-6-10-17)16-23(18-11-7-4-8-12-18)29-25(24)19-13-14-21(27)22(28)15-19/h3-16H,2H2,1H3. The lowest BCUT2D eigenvalue weighted by Crippen LogP contribution is -2.11. The van der Waals surface area contributed by atoms with Crippen LogP contribution >= 0.6 is 0 Å². The predicted octanol–water partition coefficient (Wildman–Crippen LogP) is 6.54. The van der Waals surface area contributed by atoms with Gasteiger partial charge in [-0.25, -0.2) is 18.6 Å². The van der Waals surface area contributed by atoms with Crippen molar-refractivity contribution >= 4 is 5.97 Å². The maximum absolute atomic E-state index is 14.1. The third kappa shape index (κ3) is 4.21. The number of esters is 1. The van der Waals surface area contributed by atoms with Gasteiger partial charge in [0.2, 0.25) is 0 Å². The molecule has 4 aromatic rings. The summed E-state index contributed by atoms with van der Waals surface area (Å²) in [5, 5.41) is 0. The molecule has 154 valence electrons. The van der Waals surface area contributed by atoms with Gasteiger partial charge in [-0.05, 0) is 36.8 Å². The van der Waals surface area contributed by atoms with Gasteiger partial charge in [-0.2, -0.15) is 0 Å². The molecule has 3 aromatic carbocycles. The van der Waals surface area contributed by atoms with Crippen molar-refractivity contribution in [2.24, 2.45) is 0 Å². The minimum Gasteiger partial charge on any atom is -0.462 e. The van der Waals surface area contributed by atoms with Crippen LogP contribution in [0.3, 0.4) is 0 Å². The number of rotatable bonds is 5. The lowest BCUT2D eigenvalue weighted by molar-refractivity contribution is 0.0528. The molecule has 0 aliphatic heterocycles. The number of pyridine rings is 1. The van der Waals surface area contributed by atoms with E-state index in [1.54, 1.807) is 6.92 Å². The number of benzene rings is 3. The van der Waals surface area contributed by atoms with E-state index in [1.807, 2.05) is 66.7 Å². The molecular weight excluding hydrogens is 396 g/mol. The average Bonchev–Trinajstić information content (AvgIpc) is 2.81. The van der Waals surface area contributed by atoms with Crippen molar-refractivity contribution in [1.29, 1.82) is 0 Å². The summed E-state index contributed by atoms with van der Waals surface area (Å²) in [7, 11) is 0. The second-order valence-corrected chi connectivity index (χ2v) is 6.86. The zero-order valence-electron chi connectivity index (χ0n) is 16.8. The van der Waals surface area contributed by atoms with Crippen molar-refractivity contribution < 1.29 is 18.3 Å². The number of hydrogen-bond donors (Lipinski definition) is 0. The van der Waals surface area contributed by atoms with Crippen LogP contribution in [0.15, 0.2) is 84.9 Å². The van der Waals surface area contributed by atoms with Gasteiger partial charge < -0.3 is 4.74 Å². The summed E-state index contributed by atoms with van der Waals surface area (Å²) >= 11 is 0. The molecule has 0 N–H and O–H groups in total. The van der Waals surface area contributed by atoms with Crippen LogP contribution in [-0.2, 0) is 4.74 Å². The first-order valence-corrected chi connectivity index (χ1v) is 9.87. The quantitative estimate of drug-likeness (QED) is 0.348. The topological polar surface area (TPSA) is 39.2 Å². The Morgan fingerprint density at radius 1 is 0.806 bits per heavy atom. The van der Waals surface area contributed by atoms with Crippen molar-refractivity contribution in [2.45, 2.75) is 6.92 Å². The van der Waals surface area contributed by atoms with Crippen LogP contribution in [0.5, 0.6) is 0 Å². The fourth-order valence-electron chi connectivity index (χ4n) is 3.41. The first-order chi connectivity index (χ1) is 15.1. The SMILES string of the molecule is CCOC(=O)c1c(-c2ccccc2)cc(-c2ccccc2)nc1-c1ccc(F)c(F)c1. The highest BCUT2D eigenvalue weighted by Crippen LogP contribution is 2.36. The molecular formula is C26H19F2NO2. The normalized spacial score (nSPS) is 10.7. The average molecular weight is 415 g/mol. The summed E-state index contributed by atoms with van der Waals surface area (Å²) in [5.74, 6) is -2.56. The monoisotopic (exact) mass is 415 g/mol. The number of carbonyl (C=O) groups is 1. The smallest absolute Gasteiger partial charge is 0.340 e. The van der Waals surface area contributed by atoms with Gasteiger partial charge in [0.1, 0.15) is 0 Å². The maximum atomic E-state index is 14.1. The van der Waals surface area contributed by atoms with Gasteiger partial charge in [0.05, 0.1) is 23.6 Å². The number of aromatic nitrogens is 1. The highest BCUT2D eigenvalue weighted by atomic mass is 19.2. The molecule has 0 spiro atoms. The minimum atomic E-state index is -1.01. The Kier molecular flexibility index (Phi) is 5.85. The van der Waals surface area contributed by atoms with Gasteiger partial charge in [0, 0.05) is 16.7 Å². The Bertz CT molecular complexity index is 1230. The molecule has 31 heavy (non-hydrogen) atoms. The highest BCUT2D eigenvalue weighted by molar-refractivity contribution is 6.04. The molecule has 0 saturated heterocycles. The minimum absolute atomic E-state index is 0.171. The number of halogens is 2. The molecule has 1 heterocycles. The van der Waals surface area contributed by atoms with Crippen LogP contribution in [0.4, 0.5) is 8.78 Å². The Morgan fingerprint density at radius 2 is 1.45 bits per heavy atom. The number of hydrogen-bond acceptors (Lipinski definition) is 3. The van der Waals surface area contributed by atoms with Crippen molar-refractivity contribution in [3.05, 3.63) is 102 Å². The summed E-state index contributed by atoms with van der Waals surface area (Å²) in [6.07, 6.45) is 0. The van der Waals surface area contributed by atoms with E-state index in [-0.39, 0.29) is 23.4 Å². The van der Waals surface area contributed by atoms with Gasteiger partial charge in [0.25, 0.3) is 0 Å². The fourth-order valence-corrected chi connectivity index (χ4v) is 3.41. The second-order valence-electron chi connectivity index (χ2n) is 6.86. The molecule has 0 aliphatic carbocycles. The lowest BCUT2D eigenvalue weighted by Gasteiger charge is -2.16. The predicted molar refractivity (Wildman–Crippen MR) is 116 cm³/mol. The summed E-state index contributed by atoms with van der Waals surface area (Å²) in [6.45, 7) is 1.88. The Morgan fingerprint density at radius 3 is 2.06 bits per heavy atom. The van der Waals surface area contributed by atoms with Gasteiger partial charge >= 0.3 is 5.97 Å². The van der Waals surface area contributed by atoms with Crippen molar-refractivity contribution in [1.82, 2.24) is 4.98 Å². The largest absolute Gasteiger partial charge is 0.462 e. The second kappa shape index (κ2) is 8.88. The molecule has 0 fully saturated rings. The summed E-state index contributed by atoms with van der Waals surface area (Å²) in [5.41, 5.74) is 3.56. The number of carbonyl (C=O) groups excluding carboxylic acids is 1. The van der Waals surface area contributed by atoms with E-state index in [4.69, 9.17) is 4.74 Å². The Balaban J connectivity index is 2.06.